The summed E-state index contributed by atoms with van der Waals surface area (Å²) in [7, 11) is 1.54. The zero-order valence-corrected chi connectivity index (χ0v) is 17.9. The Labute approximate surface area is 183 Å². The number of ether oxygens (including phenoxy) is 1. The van der Waals surface area contributed by atoms with E-state index in [0.29, 0.717) is 22.6 Å². The van der Waals surface area contributed by atoms with Crippen molar-refractivity contribution in [2.24, 2.45) is 0 Å². The summed E-state index contributed by atoms with van der Waals surface area (Å²) in [6, 6.07) is 18.9. The molecule has 2 amide bonds. The second kappa shape index (κ2) is 7.56. The van der Waals surface area contributed by atoms with Crippen molar-refractivity contribution in [3.8, 4) is 5.75 Å². The summed E-state index contributed by atoms with van der Waals surface area (Å²) < 4.78 is 6.52. The molecule has 1 aromatic heterocycles. The lowest BCUT2D eigenvalue weighted by molar-refractivity contribution is 0.0957. The first-order chi connectivity index (χ1) is 15.1. The summed E-state index contributed by atoms with van der Waals surface area (Å²) in [6.45, 7) is 2.01. The van der Waals surface area contributed by atoms with Crippen LogP contribution in [0.5, 0.6) is 5.75 Å². The van der Waals surface area contributed by atoms with Gasteiger partial charge in [0, 0.05) is 26.7 Å². The van der Waals surface area contributed by atoms with Gasteiger partial charge in [-0.3, -0.25) is 9.59 Å². The summed E-state index contributed by atoms with van der Waals surface area (Å²) in [4.78, 5) is 26.1. The molecule has 0 spiro atoms. The average molecular weight is 429 g/mol. The maximum Gasteiger partial charge on any atom is 0.257 e. The summed E-state index contributed by atoms with van der Waals surface area (Å²) in [5.41, 5.74) is 4.46. The Kier molecular flexibility index (Phi) is 4.71. The second-order valence-electron chi connectivity index (χ2n) is 7.47. The highest BCUT2D eigenvalue weighted by molar-refractivity contribution is 7.17. The standard InChI is InChI=1S/C25H20N2O3S/c1-14-7-3-4-8-15(14)23-21-18(11-12-19(30-2)22(21)25(29)27-23)26-24(28)17-13-31-20-10-6-5-9-16(17)20/h3-13,23H,1-2H3,(H,26,28)(H,27,29). The largest absolute Gasteiger partial charge is 0.496 e. The molecule has 3 aromatic carbocycles. The van der Waals surface area contributed by atoms with E-state index in [1.807, 2.05) is 60.8 Å². The molecule has 2 heterocycles. The Morgan fingerprint density at radius 1 is 1.06 bits per heavy atom. The molecule has 0 saturated heterocycles. The van der Waals surface area contributed by atoms with Gasteiger partial charge in [-0.1, -0.05) is 42.5 Å². The van der Waals surface area contributed by atoms with Gasteiger partial charge in [0.1, 0.15) is 5.75 Å². The van der Waals surface area contributed by atoms with Gasteiger partial charge in [0.25, 0.3) is 11.8 Å². The Bertz CT molecular complexity index is 1340. The van der Waals surface area contributed by atoms with Crippen LogP contribution in [0.4, 0.5) is 5.69 Å². The molecule has 0 radical (unpaired) electrons. The number of hydrogen-bond acceptors (Lipinski definition) is 4. The van der Waals surface area contributed by atoms with E-state index in [4.69, 9.17) is 4.74 Å². The van der Waals surface area contributed by atoms with Crippen LogP contribution in [-0.4, -0.2) is 18.9 Å². The fraction of sp³-hybridized carbons (Fsp3) is 0.120. The quantitative estimate of drug-likeness (QED) is 0.463. The molecular formula is C25H20N2O3S. The minimum atomic E-state index is -0.367. The molecule has 4 aromatic rings. The smallest absolute Gasteiger partial charge is 0.257 e. The van der Waals surface area contributed by atoms with Gasteiger partial charge in [-0.05, 0) is 36.2 Å². The molecule has 1 unspecified atom stereocenters. The SMILES string of the molecule is COc1ccc(NC(=O)c2csc3ccccc23)c2c1C(=O)NC2c1ccccc1C. The number of hydrogen-bond donors (Lipinski definition) is 2. The second-order valence-corrected chi connectivity index (χ2v) is 8.38. The Morgan fingerprint density at radius 3 is 2.65 bits per heavy atom. The molecule has 154 valence electrons. The first-order valence-electron chi connectivity index (χ1n) is 9.93. The lowest BCUT2D eigenvalue weighted by Gasteiger charge is -2.19. The summed E-state index contributed by atoms with van der Waals surface area (Å²) in [5.74, 6) is 0.0763. The van der Waals surface area contributed by atoms with Crippen molar-refractivity contribution in [2.75, 3.05) is 12.4 Å². The van der Waals surface area contributed by atoms with E-state index in [-0.39, 0.29) is 17.9 Å². The van der Waals surface area contributed by atoms with Crippen LogP contribution in [0.1, 0.15) is 43.4 Å². The molecule has 2 N–H and O–H groups in total. The molecule has 31 heavy (non-hydrogen) atoms. The van der Waals surface area contributed by atoms with Gasteiger partial charge in [-0.15, -0.1) is 11.3 Å². The van der Waals surface area contributed by atoms with Crippen molar-refractivity contribution in [3.63, 3.8) is 0 Å². The van der Waals surface area contributed by atoms with E-state index in [1.54, 1.807) is 19.2 Å². The number of nitrogens with one attached hydrogen (secondary N) is 2. The first-order valence-corrected chi connectivity index (χ1v) is 10.8. The number of methoxy groups -OCH3 is 1. The van der Waals surface area contributed by atoms with Gasteiger partial charge >= 0.3 is 0 Å². The predicted octanol–water partition coefficient (Wildman–Crippen LogP) is 5.30. The number of carbonyl (C=O) groups is 2. The number of thiophene rings is 1. The minimum Gasteiger partial charge on any atom is -0.496 e. The lowest BCUT2D eigenvalue weighted by atomic mass is 9.93. The van der Waals surface area contributed by atoms with E-state index in [1.165, 1.54) is 11.3 Å². The van der Waals surface area contributed by atoms with Crippen molar-refractivity contribution in [3.05, 3.63) is 93.9 Å². The Hall–Kier alpha value is -3.64. The molecule has 0 saturated carbocycles. The maximum absolute atomic E-state index is 13.2. The highest BCUT2D eigenvalue weighted by Gasteiger charge is 2.36. The number of aryl methyl sites for hydroxylation is 1. The van der Waals surface area contributed by atoms with Crippen LogP contribution in [-0.2, 0) is 0 Å². The third kappa shape index (κ3) is 3.16. The molecule has 0 fully saturated rings. The van der Waals surface area contributed by atoms with Crippen molar-refractivity contribution >= 4 is 38.9 Å². The van der Waals surface area contributed by atoms with E-state index >= 15 is 0 Å². The van der Waals surface area contributed by atoms with Crippen molar-refractivity contribution in [1.82, 2.24) is 5.32 Å². The Balaban J connectivity index is 1.61. The van der Waals surface area contributed by atoms with Gasteiger partial charge in [0.2, 0.25) is 0 Å². The monoisotopic (exact) mass is 428 g/mol. The zero-order chi connectivity index (χ0) is 21.5. The first kappa shape index (κ1) is 19.3. The third-order valence-corrected chi connectivity index (χ3v) is 6.66. The van der Waals surface area contributed by atoms with Crippen LogP contribution in [0, 0.1) is 6.92 Å². The number of anilines is 1. The number of rotatable bonds is 4. The molecule has 0 bridgehead atoms. The molecule has 5 nitrogen and oxygen atoms in total. The molecule has 1 atom stereocenters. The van der Waals surface area contributed by atoms with Gasteiger partial charge in [0.05, 0.1) is 24.3 Å². The predicted molar refractivity (Wildman–Crippen MR) is 123 cm³/mol. The number of benzene rings is 3. The molecule has 6 heteroatoms. The van der Waals surface area contributed by atoms with Crippen LogP contribution < -0.4 is 15.4 Å². The fourth-order valence-electron chi connectivity index (χ4n) is 4.18. The highest BCUT2D eigenvalue weighted by atomic mass is 32.1. The molecular weight excluding hydrogens is 408 g/mol. The van der Waals surface area contributed by atoms with Crippen LogP contribution in [0.3, 0.4) is 0 Å². The zero-order valence-electron chi connectivity index (χ0n) is 17.1. The highest BCUT2D eigenvalue weighted by Crippen LogP contribution is 2.42. The van der Waals surface area contributed by atoms with E-state index in [2.05, 4.69) is 10.6 Å². The molecule has 5 rings (SSSR count). The van der Waals surface area contributed by atoms with E-state index in [9.17, 15) is 9.59 Å². The average Bonchev–Trinajstić information content (AvgIpc) is 3.36. The van der Waals surface area contributed by atoms with Crippen molar-refractivity contribution in [1.29, 1.82) is 0 Å². The van der Waals surface area contributed by atoms with Gasteiger partial charge in [-0.25, -0.2) is 0 Å². The molecule has 1 aliphatic heterocycles. The summed E-state index contributed by atoms with van der Waals surface area (Å²) in [5, 5.41) is 8.89. The minimum absolute atomic E-state index is 0.201. The van der Waals surface area contributed by atoms with Crippen LogP contribution in [0.2, 0.25) is 0 Å². The van der Waals surface area contributed by atoms with Crippen LogP contribution in [0.25, 0.3) is 10.1 Å². The van der Waals surface area contributed by atoms with E-state index < -0.39 is 0 Å². The summed E-state index contributed by atoms with van der Waals surface area (Å²) in [6.07, 6.45) is 0. The van der Waals surface area contributed by atoms with E-state index in [0.717, 1.165) is 26.8 Å². The normalized spacial score (nSPS) is 14.9. The van der Waals surface area contributed by atoms with Crippen LogP contribution >= 0.6 is 11.3 Å². The molecule has 0 aliphatic carbocycles. The molecule has 1 aliphatic rings. The number of fused-ring (bicyclic) bond motifs is 2. The number of amides is 2. The third-order valence-electron chi connectivity index (χ3n) is 5.69. The van der Waals surface area contributed by atoms with Crippen molar-refractivity contribution < 1.29 is 14.3 Å². The number of carbonyl (C=O) groups excluding carboxylic acids is 2. The maximum atomic E-state index is 13.2. The van der Waals surface area contributed by atoms with Gasteiger partial charge < -0.3 is 15.4 Å². The lowest BCUT2D eigenvalue weighted by Crippen LogP contribution is -2.21. The fourth-order valence-corrected chi connectivity index (χ4v) is 5.12. The van der Waals surface area contributed by atoms with Crippen LogP contribution in [0.15, 0.2) is 66.0 Å². The van der Waals surface area contributed by atoms with Gasteiger partial charge in [0.15, 0.2) is 0 Å². The Morgan fingerprint density at radius 2 is 1.84 bits per heavy atom. The van der Waals surface area contributed by atoms with Crippen molar-refractivity contribution in [2.45, 2.75) is 13.0 Å². The van der Waals surface area contributed by atoms with Gasteiger partial charge in [-0.2, -0.15) is 0 Å². The topological polar surface area (TPSA) is 67.4 Å². The summed E-state index contributed by atoms with van der Waals surface area (Å²) >= 11 is 1.54.